The maximum Gasteiger partial charge on any atom is 0.306 e. The molecule has 70 heavy (non-hydrogen) atoms. The van der Waals surface area contributed by atoms with Gasteiger partial charge in [-0.15, -0.1) is 0 Å². The van der Waals surface area contributed by atoms with Crippen LogP contribution in [0.5, 0.6) is 0 Å². The van der Waals surface area contributed by atoms with E-state index in [1.165, 1.54) is 244 Å². The zero-order chi connectivity index (χ0) is 50.7. The van der Waals surface area contributed by atoms with E-state index in [1.54, 1.807) is 0 Å². The van der Waals surface area contributed by atoms with E-state index < -0.39 is 6.10 Å². The Kier molecular flexibility index (Phi) is 57.7. The minimum atomic E-state index is -0.774. The topological polar surface area (TPSA) is 78.9 Å². The van der Waals surface area contributed by atoms with E-state index in [0.717, 1.165) is 64.2 Å². The van der Waals surface area contributed by atoms with E-state index in [-0.39, 0.29) is 31.1 Å². The first-order valence-corrected chi connectivity index (χ1v) is 31.3. The molecule has 6 heteroatoms. The third-order valence-electron chi connectivity index (χ3n) is 14.2. The highest BCUT2D eigenvalue weighted by molar-refractivity contribution is 5.71. The average Bonchev–Trinajstić information content (AvgIpc) is 3.36. The smallest absolute Gasteiger partial charge is 0.306 e. The molecule has 6 nitrogen and oxygen atoms in total. The Morgan fingerprint density at radius 3 is 0.714 bits per heavy atom. The number of ether oxygens (including phenoxy) is 3. The Hall–Kier alpha value is -2.11. The average molecular weight is 986 g/mol. The van der Waals surface area contributed by atoms with Crippen molar-refractivity contribution in [2.75, 3.05) is 13.2 Å². The summed E-state index contributed by atoms with van der Waals surface area (Å²) in [6, 6.07) is 0. The number of hydrogen-bond donors (Lipinski definition) is 0. The molecule has 0 saturated heterocycles. The summed E-state index contributed by atoms with van der Waals surface area (Å²) in [6.45, 7) is 6.68. The summed E-state index contributed by atoms with van der Waals surface area (Å²) in [5.41, 5.74) is 0. The van der Waals surface area contributed by atoms with E-state index in [1.807, 2.05) is 0 Å². The van der Waals surface area contributed by atoms with E-state index in [4.69, 9.17) is 14.2 Å². The molecule has 0 saturated carbocycles. The summed E-state index contributed by atoms with van der Waals surface area (Å²) in [6.07, 6.45) is 70.4. The fourth-order valence-corrected chi connectivity index (χ4v) is 9.44. The van der Waals surface area contributed by atoms with Crippen LogP contribution >= 0.6 is 0 Å². The lowest BCUT2D eigenvalue weighted by molar-refractivity contribution is -0.167. The number of carbonyl (C=O) groups excluding carboxylic acids is 3. The second-order valence-corrected chi connectivity index (χ2v) is 21.3. The molecular formula is C64H120O6. The molecule has 0 heterocycles. The van der Waals surface area contributed by atoms with Gasteiger partial charge in [-0.05, 0) is 70.6 Å². The lowest BCUT2D eigenvalue weighted by Gasteiger charge is -2.18. The molecule has 0 aromatic carbocycles. The lowest BCUT2D eigenvalue weighted by atomic mass is 10.0. The van der Waals surface area contributed by atoms with Gasteiger partial charge in [0.05, 0.1) is 0 Å². The highest BCUT2D eigenvalue weighted by Gasteiger charge is 2.19. The standard InChI is InChI=1S/C64H120O6/c1-4-7-10-13-16-19-22-25-28-30-31-32-33-35-36-39-42-45-48-51-54-57-63(66)69-60-61(59-68-62(65)56-53-50-47-44-41-38-27-24-21-18-15-12-9-6-3)70-64(67)58-55-52-49-46-43-40-37-34-29-26-23-20-17-14-11-8-5-2/h24,26-27,29,61H,4-23,25,28,30-60H2,1-3H3/b27-24-,29-26-. The Balaban J connectivity index is 4.29. The number of allylic oxidation sites excluding steroid dienone is 4. The van der Waals surface area contributed by atoms with Gasteiger partial charge >= 0.3 is 17.9 Å². The van der Waals surface area contributed by atoms with Gasteiger partial charge in [-0.2, -0.15) is 0 Å². The van der Waals surface area contributed by atoms with Gasteiger partial charge in [-0.3, -0.25) is 14.4 Å². The number of esters is 3. The van der Waals surface area contributed by atoms with Crippen LogP contribution in [0.2, 0.25) is 0 Å². The van der Waals surface area contributed by atoms with Gasteiger partial charge in [0.2, 0.25) is 0 Å². The molecule has 0 fully saturated rings. The number of rotatable bonds is 58. The monoisotopic (exact) mass is 985 g/mol. The quantitative estimate of drug-likeness (QED) is 0.0261. The maximum atomic E-state index is 12.9. The highest BCUT2D eigenvalue weighted by atomic mass is 16.6. The molecule has 0 amide bonds. The van der Waals surface area contributed by atoms with Gasteiger partial charge < -0.3 is 14.2 Å². The molecule has 0 radical (unpaired) electrons. The fourth-order valence-electron chi connectivity index (χ4n) is 9.44. The third-order valence-corrected chi connectivity index (χ3v) is 14.2. The van der Waals surface area contributed by atoms with Crippen molar-refractivity contribution in [1.82, 2.24) is 0 Å². The number of unbranched alkanes of at least 4 members (excludes halogenated alkanes) is 43. The van der Waals surface area contributed by atoms with Crippen LogP contribution < -0.4 is 0 Å². The maximum absolute atomic E-state index is 12.9. The number of hydrogen-bond acceptors (Lipinski definition) is 6. The Bertz CT molecular complexity index is 1130. The van der Waals surface area contributed by atoms with Gasteiger partial charge in [0.25, 0.3) is 0 Å². The molecule has 0 N–H and O–H groups in total. The largest absolute Gasteiger partial charge is 0.462 e. The Labute approximate surface area is 436 Å². The normalized spacial score (nSPS) is 12.1. The highest BCUT2D eigenvalue weighted by Crippen LogP contribution is 2.17. The summed E-state index contributed by atoms with van der Waals surface area (Å²) in [5, 5.41) is 0. The van der Waals surface area contributed by atoms with Crippen molar-refractivity contribution in [2.24, 2.45) is 0 Å². The SMILES string of the molecule is CCCCCCC/C=C\CCCCCCCC(=O)OCC(COC(=O)CCCCCCCCCCCCCCCCCCCCCCC)OC(=O)CCCCCCCCC/C=C\CCCCCCCC. The first kappa shape index (κ1) is 67.9. The molecule has 0 spiro atoms. The lowest BCUT2D eigenvalue weighted by Crippen LogP contribution is -2.30. The summed E-state index contributed by atoms with van der Waals surface area (Å²) in [4.78, 5) is 38.2. The summed E-state index contributed by atoms with van der Waals surface area (Å²) in [7, 11) is 0. The molecule has 0 rings (SSSR count). The van der Waals surface area contributed by atoms with Crippen molar-refractivity contribution in [2.45, 2.75) is 354 Å². The zero-order valence-electron chi connectivity index (χ0n) is 47.3. The van der Waals surface area contributed by atoms with Gasteiger partial charge in [0.15, 0.2) is 6.10 Å². The third kappa shape index (κ3) is 56.8. The van der Waals surface area contributed by atoms with E-state index in [2.05, 4.69) is 45.1 Å². The van der Waals surface area contributed by atoms with Crippen LogP contribution in [0.4, 0.5) is 0 Å². The fraction of sp³-hybridized carbons (Fsp3) is 0.891. The molecule has 0 aliphatic heterocycles. The van der Waals surface area contributed by atoms with Crippen LogP contribution in [-0.4, -0.2) is 37.2 Å². The van der Waals surface area contributed by atoms with E-state index in [9.17, 15) is 14.4 Å². The molecule has 412 valence electrons. The van der Waals surface area contributed by atoms with Crippen molar-refractivity contribution in [1.29, 1.82) is 0 Å². The molecule has 0 bridgehead atoms. The minimum absolute atomic E-state index is 0.0708. The Morgan fingerprint density at radius 2 is 0.471 bits per heavy atom. The van der Waals surface area contributed by atoms with Crippen molar-refractivity contribution < 1.29 is 28.6 Å². The van der Waals surface area contributed by atoms with E-state index >= 15 is 0 Å². The zero-order valence-corrected chi connectivity index (χ0v) is 47.3. The first-order chi connectivity index (χ1) is 34.5. The van der Waals surface area contributed by atoms with Crippen LogP contribution in [0.1, 0.15) is 348 Å². The van der Waals surface area contributed by atoms with Gasteiger partial charge in [-0.1, -0.05) is 283 Å². The van der Waals surface area contributed by atoms with Gasteiger partial charge in [-0.25, -0.2) is 0 Å². The molecular weight excluding hydrogens is 865 g/mol. The van der Waals surface area contributed by atoms with Crippen molar-refractivity contribution in [3.63, 3.8) is 0 Å². The molecule has 1 atom stereocenters. The Morgan fingerprint density at radius 1 is 0.271 bits per heavy atom. The van der Waals surface area contributed by atoms with Crippen LogP contribution in [-0.2, 0) is 28.6 Å². The van der Waals surface area contributed by atoms with Gasteiger partial charge in [0, 0.05) is 19.3 Å². The molecule has 0 aromatic heterocycles. The summed E-state index contributed by atoms with van der Waals surface area (Å²) in [5.74, 6) is -0.860. The molecule has 0 aliphatic rings. The number of carbonyl (C=O) groups is 3. The first-order valence-electron chi connectivity index (χ1n) is 31.3. The van der Waals surface area contributed by atoms with Crippen LogP contribution in [0.15, 0.2) is 24.3 Å². The van der Waals surface area contributed by atoms with Crippen molar-refractivity contribution in [3.05, 3.63) is 24.3 Å². The predicted molar refractivity (Wildman–Crippen MR) is 303 cm³/mol. The summed E-state index contributed by atoms with van der Waals surface area (Å²) < 4.78 is 16.9. The van der Waals surface area contributed by atoms with Crippen molar-refractivity contribution in [3.8, 4) is 0 Å². The van der Waals surface area contributed by atoms with Crippen LogP contribution in [0.3, 0.4) is 0 Å². The molecule has 0 aromatic rings. The molecule has 0 aliphatic carbocycles. The molecule has 1 unspecified atom stereocenters. The van der Waals surface area contributed by atoms with Crippen LogP contribution in [0.25, 0.3) is 0 Å². The van der Waals surface area contributed by atoms with Crippen LogP contribution in [0, 0.1) is 0 Å². The van der Waals surface area contributed by atoms with E-state index in [0.29, 0.717) is 19.3 Å². The van der Waals surface area contributed by atoms with Crippen molar-refractivity contribution >= 4 is 17.9 Å². The second-order valence-electron chi connectivity index (χ2n) is 21.3. The second kappa shape index (κ2) is 59.5. The van der Waals surface area contributed by atoms with Gasteiger partial charge in [0.1, 0.15) is 13.2 Å². The predicted octanol–water partition coefficient (Wildman–Crippen LogP) is 21.1. The summed E-state index contributed by atoms with van der Waals surface area (Å²) >= 11 is 0. The minimum Gasteiger partial charge on any atom is -0.462 e.